The summed E-state index contributed by atoms with van der Waals surface area (Å²) >= 11 is 0. The molecule has 10 heteroatoms. The largest absolute Gasteiger partial charge is 0.496 e. The van der Waals surface area contributed by atoms with Gasteiger partial charge in [-0.1, -0.05) is 0 Å². The molecule has 0 atom stereocenters. The molecule has 3 rings (SSSR count). The Morgan fingerprint density at radius 1 is 1.26 bits per heavy atom. The van der Waals surface area contributed by atoms with Gasteiger partial charge in [0.05, 0.1) is 19.0 Å². The van der Waals surface area contributed by atoms with Gasteiger partial charge in [-0.25, -0.2) is 9.97 Å². The van der Waals surface area contributed by atoms with Crippen LogP contribution in [0.2, 0.25) is 0 Å². The highest BCUT2D eigenvalue weighted by atomic mass is 19.4. The number of halogens is 4. The number of nitrogens with zero attached hydrogens (tertiary/aromatic N) is 3. The maximum absolute atomic E-state index is 13.9. The van der Waals surface area contributed by atoms with Crippen LogP contribution in [0.5, 0.6) is 5.75 Å². The third-order valence-corrected chi connectivity index (χ3v) is 3.87. The van der Waals surface area contributed by atoms with Crippen molar-refractivity contribution in [2.24, 2.45) is 0 Å². The number of aliphatic hydroxyl groups excluding tert-OH is 1. The van der Waals surface area contributed by atoms with E-state index in [1.165, 1.54) is 22.7 Å². The first-order valence-electron chi connectivity index (χ1n) is 7.98. The molecule has 0 aliphatic rings. The van der Waals surface area contributed by atoms with Crippen LogP contribution in [0.4, 0.5) is 23.4 Å². The van der Waals surface area contributed by atoms with Crippen molar-refractivity contribution in [3.8, 4) is 17.0 Å². The molecule has 0 saturated heterocycles. The minimum Gasteiger partial charge on any atom is -0.496 e. The van der Waals surface area contributed by atoms with Crippen molar-refractivity contribution in [1.29, 1.82) is 0 Å². The number of anilines is 1. The zero-order valence-corrected chi connectivity index (χ0v) is 14.2. The first kappa shape index (κ1) is 18.9. The topological polar surface area (TPSA) is 71.7 Å². The van der Waals surface area contributed by atoms with E-state index in [0.29, 0.717) is 18.5 Å². The monoisotopic (exact) mass is 384 g/mol. The normalized spacial score (nSPS) is 11.8. The summed E-state index contributed by atoms with van der Waals surface area (Å²) in [6.07, 6.45) is -1.96. The lowest BCUT2D eigenvalue weighted by Crippen LogP contribution is -2.09. The van der Waals surface area contributed by atoms with Gasteiger partial charge < -0.3 is 15.2 Å². The molecule has 0 radical (unpaired) electrons. The number of methoxy groups -OCH3 is 1. The molecular formula is C17H16F4N4O2. The summed E-state index contributed by atoms with van der Waals surface area (Å²) in [6, 6.07) is 3.78. The predicted molar refractivity (Wildman–Crippen MR) is 90.1 cm³/mol. The molecule has 0 aliphatic heterocycles. The third kappa shape index (κ3) is 3.95. The Balaban J connectivity index is 2.09. The molecule has 6 nitrogen and oxygen atoms in total. The number of rotatable bonds is 6. The van der Waals surface area contributed by atoms with Gasteiger partial charge in [0.1, 0.15) is 22.8 Å². The standard InChI is InChI=1S/C17H16F4N4O2/c1-27-13-7-16-23-8-12(25(16)9-11(13)17(19,20)21)10-5-14(18)24-15(6-10)22-3-2-4-26/h5-9,26H,2-4H2,1H3,(H,22,24). The first-order valence-corrected chi connectivity index (χ1v) is 7.98. The molecule has 27 heavy (non-hydrogen) atoms. The number of pyridine rings is 2. The average Bonchev–Trinajstić information content (AvgIpc) is 3.02. The minimum absolute atomic E-state index is 0.0372. The van der Waals surface area contributed by atoms with Crippen LogP contribution in [0.1, 0.15) is 12.0 Å². The quantitative estimate of drug-likeness (QED) is 0.387. The number of ether oxygens (including phenoxy) is 1. The van der Waals surface area contributed by atoms with E-state index in [4.69, 9.17) is 9.84 Å². The van der Waals surface area contributed by atoms with Crippen molar-refractivity contribution < 1.29 is 27.4 Å². The Bertz CT molecular complexity index is 956. The van der Waals surface area contributed by atoms with Crippen molar-refractivity contribution >= 4 is 11.5 Å². The van der Waals surface area contributed by atoms with Crippen molar-refractivity contribution in [2.45, 2.75) is 12.6 Å². The molecule has 0 saturated carbocycles. The maximum Gasteiger partial charge on any atom is 0.421 e. The number of aromatic nitrogens is 3. The fourth-order valence-corrected chi connectivity index (χ4v) is 2.63. The van der Waals surface area contributed by atoms with Crippen LogP contribution < -0.4 is 10.1 Å². The number of alkyl halides is 3. The molecule has 3 aromatic heterocycles. The Hall–Kier alpha value is -2.88. The van der Waals surface area contributed by atoms with E-state index in [1.807, 2.05) is 0 Å². The van der Waals surface area contributed by atoms with E-state index in [2.05, 4.69) is 15.3 Å². The van der Waals surface area contributed by atoms with Gasteiger partial charge in [-0.2, -0.15) is 17.6 Å². The van der Waals surface area contributed by atoms with Gasteiger partial charge in [-0.3, -0.25) is 4.40 Å². The predicted octanol–water partition coefficient (Wildman–Crippen LogP) is 3.36. The van der Waals surface area contributed by atoms with Gasteiger partial charge in [0, 0.05) is 37.0 Å². The molecule has 3 aromatic rings. The van der Waals surface area contributed by atoms with E-state index in [9.17, 15) is 17.6 Å². The van der Waals surface area contributed by atoms with E-state index in [-0.39, 0.29) is 29.5 Å². The summed E-state index contributed by atoms with van der Waals surface area (Å²) in [5.74, 6) is -0.934. The SMILES string of the molecule is COc1cc2ncc(-c3cc(F)nc(NCCCO)c3)n2cc1C(F)(F)F. The highest BCUT2D eigenvalue weighted by Crippen LogP contribution is 2.37. The van der Waals surface area contributed by atoms with Crippen LogP contribution in [0.15, 0.2) is 30.6 Å². The van der Waals surface area contributed by atoms with Gasteiger partial charge in [-0.15, -0.1) is 0 Å². The van der Waals surface area contributed by atoms with Crippen molar-refractivity contribution in [3.63, 3.8) is 0 Å². The van der Waals surface area contributed by atoms with Crippen LogP contribution in [0, 0.1) is 5.95 Å². The number of imidazole rings is 1. The van der Waals surface area contributed by atoms with Crippen LogP contribution >= 0.6 is 0 Å². The maximum atomic E-state index is 13.9. The Labute approximate surface area is 151 Å². The minimum atomic E-state index is -4.62. The van der Waals surface area contributed by atoms with E-state index >= 15 is 0 Å². The number of aliphatic hydroxyl groups is 1. The van der Waals surface area contributed by atoms with Crippen molar-refractivity contribution in [2.75, 3.05) is 25.6 Å². The summed E-state index contributed by atoms with van der Waals surface area (Å²) in [5, 5.41) is 11.7. The molecule has 2 N–H and O–H groups in total. The molecule has 0 unspecified atom stereocenters. The van der Waals surface area contributed by atoms with Crippen molar-refractivity contribution in [1.82, 2.24) is 14.4 Å². The molecule has 0 spiro atoms. The zero-order chi connectivity index (χ0) is 19.6. The second-order valence-electron chi connectivity index (χ2n) is 5.69. The molecule has 144 valence electrons. The lowest BCUT2D eigenvalue weighted by molar-refractivity contribution is -0.139. The van der Waals surface area contributed by atoms with Gasteiger partial charge in [0.2, 0.25) is 5.95 Å². The number of hydrogen-bond donors (Lipinski definition) is 2. The summed E-state index contributed by atoms with van der Waals surface area (Å²) in [7, 11) is 1.15. The Morgan fingerprint density at radius 3 is 2.70 bits per heavy atom. The average molecular weight is 384 g/mol. The molecule has 3 heterocycles. The molecule has 0 amide bonds. The van der Waals surface area contributed by atoms with E-state index in [1.54, 1.807) is 0 Å². The number of hydrogen-bond acceptors (Lipinski definition) is 5. The Morgan fingerprint density at radius 2 is 2.04 bits per heavy atom. The molecular weight excluding hydrogens is 368 g/mol. The van der Waals surface area contributed by atoms with Gasteiger partial charge in [0.25, 0.3) is 0 Å². The van der Waals surface area contributed by atoms with Crippen LogP contribution in [-0.2, 0) is 6.18 Å². The lowest BCUT2D eigenvalue weighted by atomic mass is 10.2. The molecule has 0 bridgehead atoms. The number of fused-ring (bicyclic) bond motifs is 1. The second kappa shape index (κ2) is 7.39. The highest BCUT2D eigenvalue weighted by Gasteiger charge is 2.35. The molecule has 0 aromatic carbocycles. The first-order chi connectivity index (χ1) is 12.8. The summed E-state index contributed by atoms with van der Waals surface area (Å²) in [5.41, 5.74) is -0.168. The summed E-state index contributed by atoms with van der Waals surface area (Å²) in [6.45, 7) is 0.333. The van der Waals surface area contributed by atoms with Crippen LogP contribution in [-0.4, -0.2) is 39.7 Å². The van der Waals surface area contributed by atoms with E-state index < -0.39 is 17.7 Å². The Kier molecular flexibility index (Phi) is 5.17. The lowest BCUT2D eigenvalue weighted by Gasteiger charge is -2.13. The van der Waals surface area contributed by atoms with Crippen LogP contribution in [0.25, 0.3) is 16.9 Å². The fraction of sp³-hybridized carbons (Fsp3) is 0.294. The molecule has 0 aliphatic carbocycles. The smallest absolute Gasteiger partial charge is 0.421 e. The molecule has 0 fully saturated rings. The highest BCUT2D eigenvalue weighted by molar-refractivity contribution is 5.67. The fourth-order valence-electron chi connectivity index (χ4n) is 2.63. The number of nitrogens with one attached hydrogen (secondary N) is 1. The van der Waals surface area contributed by atoms with Crippen LogP contribution in [0.3, 0.4) is 0 Å². The van der Waals surface area contributed by atoms with Crippen molar-refractivity contribution in [3.05, 3.63) is 42.1 Å². The van der Waals surface area contributed by atoms with Gasteiger partial charge in [0.15, 0.2) is 0 Å². The summed E-state index contributed by atoms with van der Waals surface area (Å²) in [4.78, 5) is 7.77. The second-order valence-corrected chi connectivity index (χ2v) is 5.69. The van der Waals surface area contributed by atoms with E-state index in [0.717, 1.165) is 19.4 Å². The van der Waals surface area contributed by atoms with Gasteiger partial charge >= 0.3 is 6.18 Å². The third-order valence-electron chi connectivity index (χ3n) is 3.87. The van der Waals surface area contributed by atoms with Gasteiger partial charge in [-0.05, 0) is 12.5 Å². The summed E-state index contributed by atoms with van der Waals surface area (Å²) < 4.78 is 59.8. The zero-order valence-electron chi connectivity index (χ0n) is 14.2.